The van der Waals surface area contributed by atoms with E-state index < -0.39 is 48.4 Å². The van der Waals surface area contributed by atoms with E-state index in [4.69, 9.17) is 5.11 Å². The fraction of sp³-hybridized carbons (Fsp3) is 0.462. The number of carbonyl (C=O) groups is 1. The van der Waals surface area contributed by atoms with E-state index in [2.05, 4.69) is 0 Å². The minimum absolute atomic E-state index is 0.277. The van der Waals surface area contributed by atoms with Gasteiger partial charge in [-0.1, -0.05) is 0 Å². The van der Waals surface area contributed by atoms with E-state index in [1.165, 1.54) is 20.9 Å². The summed E-state index contributed by atoms with van der Waals surface area (Å²) in [6, 6.07) is 2.74. The zero-order chi connectivity index (χ0) is 18.7. The quantitative estimate of drug-likeness (QED) is 0.694. The van der Waals surface area contributed by atoms with Crippen molar-refractivity contribution >= 4 is 31.7 Å². The molecule has 0 saturated carbocycles. The molecule has 0 amide bonds. The van der Waals surface area contributed by atoms with E-state index in [0.717, 1.165) is 16.4 Å². The molecule has 11 heteroatoms. The van der Waals surface area contributed by atoms with Crippen LogP contribution in [0.25, 0.3) is 0 Å². The van der Waals surface area contributed by atoms with Gasteiger partial charge in [0.25, 0.3) is 0 Å². The number of sulfonamides is 2. The Morgan fingerprint density at radius 2 is 1.88 bits per heavy atom. The smallest absolute Gasteiger partial charge is 0.304 e. The van der Waals surface area contributed by atoms with Crippen LogP contribution in [0.15, 0.2) is 23.1 Å². The lowest BCUT2D eigenvalue weighted by atomic mass is 10.3. The summed E-state index contributed by atoms with van der Waals surface area (Å²) in [4.78, 5) is 10.1. The zero-order valence-electron chi connectivity index (χ0n) is 13.4. The molecule has 0 heterocycles. The Bertz CT molecular complexity index is 821. The number of aliphatic carboxylic acids is 1. The molecule has 24 heavy (non-hydrogen) atoms. The Hall–Kier alpha value is -1.72. The molecular weight excluding hydrogens is 363 g/mol. The maximum atomic E-state index is 14.0. The van der Waals surface area contributed by atoms with Gasteiger partial charge in [0.15, 0.2) is 0 Å². The molecule has 0 fully saturated rings. The highest BCUT2D eigenvalue weighted by atomic mass is 32.2. The summed E-state index contributed by atoms with van der Waals surface area (Å²) in [6.07, 6.45) is -0.398. The molecule has 0 aromatic heterocycles. The Balaban J connectivity index is 3.08. The number of carboxylic acid groups (broad SMARTS) is 1. The highest BCUT2D eigenvalue weighted by Crippen LogP contribution is 2.23. The highest BCUT2D eigenvalue weighted by Gasteiger charge is 2.24. The average molecular weight is 382 g/mol. The van der Waals surface area contributed by atoms with Crippen molar-refractivity contribution in [2.24, 2.45) is 0 Å². The van der Waals surface area contributed by atoms with Crippen LogP contribution in [-0.2, 0) is 24.8 Å². The van der Waals surface area contributed by atoms with Crippen LogP contribution in [0.1, 0.15) is 20.3 Å². The lowest BCUT2D eigenvalue weighted by Gasteiger charge is -2.17. The molecule has 2 N–H and O–H groups in total. The molecule has 8 nitrogen and oxygen atoms in total. The minimum atomic E-state index is -4.08. The summed E-state index contributed by atoms with van der Waals surface area (Å²) in [7, 11) is -6.68. The van der Waals surface area contributed by atoms with Crippen LogP contribution < -0.4 is 4.72 Å². The largest absolute Gasteiger partial charge is 0.481 e. The standard InChI is InChI=1S/C13H19FN2O6S2/c1-9(2)23(19,20)15-12-5-4-10(8-11(12)14)24(21,22)16(3)7-6-13(17)18/h4-5,8-9,15H,6-7H2,1-3H3,(H,17,18). The number of halogens is 1. The number of rotatable bonds is 8. The van der Waals surface area contributed by atoms with Gasteiger partial charge in [0.05, 0.1) is 22.3 Å². The Morgan fingerprint density at radius 3 is 2.33 bits per heavy atom. The normalized spacial score (nSPS) is 12.6. The molecule has 0 spiro atoms. The Morgan fingerprint density at radius 1 is 1.29 bits per heavy atom. The molecule has 0 unspecified atom stereocenters. The second-order valence-corrected chi connectivity index (χ2v) is 9.59. The fourth-order valence-corrected chi connectivity index (χ4v) is 3.46. The lowest BCUT2D eigenvalue weighted by Crippen LogP contribution is -2.29. The molecule has 1 aromatic carbocycles. The van der Waals surface area contributed by atoms with Crippen molar-refractivity contribution in [3.8, 4) is 0 Å². The van der Waals surface area contributed by atoms with Gasteiger partial charge in [0, 0.05) is 13.6 Å². The number of carboxylic acids is 1. The van der Waals surface area contributed by atoms with Gasteiger partial charge in [-0.2, -0.15) is 0 Å². The molecule has 0 bridgehead atoms. The molecule has 1 rings (SSSR count). The molecule has 0 aliphatic heterocycles. The van der Waals surface area contributed by atoms with Crippen molar-refractivity contribution in [1.82, 2.24) is 4.31 Å². The molecule has 0 saturated heterocycles. The van der Waals surface area contributed by atoms with Crippen molar-refractivity contribution in [2.45, 2.75) is 30.4 Å². The molecule has 0 aliphatic rings. The summed E-state index contributed by atoms with van der Waals surface area (Å²) in [6.45, 7) is 2.55. The molecule has 136 valence electrons. The van der Waals surface area contributed by atoms with Crippen LogP contribution in [0.5, 0.6) is 0 Å². The lowest BCUT2D eigenvalue weighted by molar-refractivity contribution is -0.137. The third-order valence-corrected chi connectivity index (χ3v) is 6.76. The van der Waals surface area contributed by atoms with Gasteiger partial charge >= 0.3 is 5.97 Å². The minimum Gasteiger partial charge on any atom is -0.481 e. The first-order chi connectivity index (χ1) is 10.9. The predicted molar refractivity (Wildman–Crippen MR) is 86.1 cm³/mol. The number of hydrogen-bond donors (Lipinski definition) is 2. The van der Waals surface area contributed by atoms with E-state index in [1.54, 1.807) is 0 Å². The fourth-order valence-electron chi connectivity index (χ4n) is 1.56. The van der Waals surface area contributed by atoms with Gasteiger partial charge in [-0.05, 0) is 32.0 Å². The Labute approximate surface area is 140 Å². The van der Waals surface area contributed by atoms with Crippen molar-refractivity contribution < 1.29 is 31.1 Å². The van der Waals surface area contributed by atoms with E-state index in [1.807, 2.05) is 4.72 Å². The summed E-state index contributed by atoms with van der Waals surface area (Å²) in [5, 5.41) is 7.80. The highest BCUT2D eigenvalue weighted by molar-refractivity contribution is 7.93. The van der Waals surface area contributed by atoms with Crippen LogP contribution in [0.4, 0.5) is 10.1 Å². The van der Waals surface area contributed by atoms with Crippen LogP contribution in [0.3, 0.4) is 0 Å². The predicted octanol–water partition coefficient (Wildman–Crippen LogP) is 1.07. The number of anilines is 1. The van der Waals surface area contributed by atoms with Gasteiger partial charge < -0.3 is 5.11 Å². The van der Waals surface area contributed by atoms with Gasteiger partial charge in [-0.25, -0.2) is 25.5 Å². The first-order valence-electron chi connectivity index (χ1n) is 6.87. The van der Waals surface area contributed by atoms with Crippen LogP contribution in [0, 0.1) is 5.82 Å². The van der Waals surface area contributed by atoms with Gasteiger partial charge in [0.2, 0.25) is 20.0 Å². The van der Waals surface area contributed by atoms with Crippen molar-refractivity contribution in [1.29, 1.82) is 0 Å². The Kier molecular flexibility index (Phi) is 6.31. The molecule has 0 atom stereocenters. The van der Waals surface area contributed by atoms with Gasteiger partial charge in [0.1, 0.15) is 5.82 Å². The third kappa shape index (κ3) is 4.89. The molecular formula is C13H19FN2O6S2. The number of nitrogens with one attached hydrogen (secondary N) is 1. The van der Waals surface area contributed by atoms with Gasteiger partial charge in [-0.15, -0.1) is 0 Å². The van der Waals surface area contributed by atoms with Crippen molar-refractivity contribution in [2.75, 3.05) is 18.3 Å². The monoisotopic (exact) mass is 382 g/mol. The third-order valence-electron chi connectivity index (χ3n) is 3.16. The number of hydrogen-bond acceptors (Lipinski definition) is 5. The molecule has 1 aromatic rings. The zero-order valence-corrected chi connectivity index (χ0v) is 15.0. The van der Waals surface area contributed by atoms with Crippen molar-refractivity contribution in [3.63, 3.8) is 0 Å². The van der Waals surface area contributed by atoms with E-state index >= 15 is 0 Å². The van der Waals surface area contributed by atoms with Crippen LogP contribution in [0.2, 0.25) is 0 Å². The second kappa shape index (κ2) is 7.45. The maximum Gasteiger partial charge on any atom is 0.304 e. The number of benzene rings is 1. The summed E-state index contributed by atoms with van der Waals surface area (Å²) >= 11 is 0. The average Bonchev–Trinajstić information content (AvgIpc) is 2.46. The first-order valence-corrected chi connectivity index (χ1v) is 9.86. The van der Waals surface area contributed by atoms with Crippen LogP contribution in [-0.4, -0.2) is 51.1 Å². The van der Waals surface area contributed by atoms with E-state index in [-0.39, 0.29) is 12.2 Å². The first kappa shape index (κ1) is 20.3. The topological polar surface area (TPSA) is 121 Å². The SMILES string of the molecule is CC(C)S(=O)(=O)Nc1ccc(S(=O)(=O)N(C)CCC(=O)O)cc1F. The van der Waals surface area contributed by atoms with E-state index in [0.29, 0.717) is 6.07 Å². The molecule has 0 aliphatic carbocycles. The summed E-state index contributed by atoms with van der Waals surface area (Å²) in [5.41, 5.74) is -0.365. The summed E-state index contributed by atoms with van der Waals surface area (Å²) in [5.74, 6) is -2.21. The van der Waals surface area contributed by atoms with Crippen LogP contribution >= 0.6 is 0 Å². The second-order valence-electron chi connectivity index (χ2n) is 5.31. The summed E-state index contributed by atoms with van der Waals surface area (Å²) < 4.78 is 64.8. The van der Waals surface area contributed by atoms with E-state index in [9.17, 15) is 26.0 Å². The van der Waals surface area contributed by atoms with Gasteiger partial charge in [-0.3, -0.25) is 9.52 Å². The maximum absolute atomic E-state index is 14.0. The van der Waals surface area contributed by atoms with Crippen molar-refractivity contribution in [3.05, 3.63) is 24.0 Å². The molecule has 0 radical (unpaired) electrons. The number of nitrogens with zero attached hydrogens (tertiary/aromatic N) is 1.